The van der Waals surface area contributed by atoms with Gasteiger partial charge in [0.2, 0.25) is 10.0 Å². The third-order valence-corrected chi connectivity index (χ3v) is 5.20. The van der Waals surface area contributed by atoms with Gasteiger partial charge in [-0.25, -0.2) is 8.42 Å². The molecule has 0 heterocycles. The molecule has 4 nitrogen and oxygen atoms in total. The van der Waals surface area contributed by atoms with Crippen molar-refractivity contribution in [3.8, 4) is 12.3 Å². The van der Waals surface area contributed by atoms with E-state index in [2.05, 4.69) is 25.1 Å². The minimum atomic E-state index is -3.53. The maximum Gasteiger partial charge on any atom is 0.243 e. The van der Waals surface area contributed by atoms with Crippen LogP contribution in [0.3, 0.4) is 0 Å². The standard InChI is InChI=1S/C16H24N2O2S/c1-6-10-18(7-2)21(19,20)16-9-8-14(5)15(11-16)12-17-13(3)4/h1,8-9,11,13,17H,7,10,12H2,2-5H3. The fraction of sp³-hybridized carbons (Fsp3) is 0.500. The third-order valence-electron chi connectivity index (χ3n) is 3.28. The second-order valence-electron chi connectivity index (χ2n) is 5.26. The average molecular weight is 308 g/mol. The van der Waals surface area contributed by atoms with E-state index >= 15 is 0 Å². The van der Waals surface area contributed by atoms with Gasteiger partial charge >= 0.3 is 0 Å². The Morgan fingerprint density at radius 2 is 2.05 bits per heavy atom. The van der Waals surface area contributed by atoms with Crippen molar-refractivity contribution < 1.29 is 8.42 Å². The van der Waals surface area contributed by atoms with Gasteiger partial charge in [-0.3, -0.25) is 0 Å². The maximum atomic E-state index is 12.6. The molecule has 0 bridgehead atoms. The lowest BCUT2D eigenvalue weighted by atomic mass is 10.1. The van der Waals surface area contributed by atoms with Gasteiger partial charge in [-0.05, 0) is 30.2 Å². The van der Waals surface area contributed by atoms with Crippen LogP contribution in [-0.4, -0.2) is 31.9 Å². The van der Waals surface area contributed by atoms with Gasteiger partial charge in [-0.1, -0.05) is 32.8 Å². The SMILES string of the molecule is C#CCN(CC)S(=O)(=O)c1ccc(C)c(CNC(C)C)c1. The van der Waals surface area contributed by atoms with Gasteiger partial charge in [0.1, 0.15) is 0 Å². The van der Waals surface area contributed by atoms with E-state index in [4.69, 9.17) is 6.42 Å². The molecule has 5 heteroatoms. The smallest absolute Gasteiger partial charge is 0.243 e. The van der Waals surface area contributed by atoms with Gasteiger partial charge in [0.25, 0.3) is 0 Å². The van der Waals surface area contributed by atoms with Crippen molar-refractivity contribution in [2.45, 2.75) is 45.2 Å². The van der Waals surface area contributed by atoms with Crippen LogP contribution in [0.15, 0.2) is 23.1 Å². The van der Waals surface area contributed by atoms with Crippen molar-refractivity contribution in [3.63, 3.8) is 0 Å². The summed E-state index contributed by atoms with van der Waals surface area (Å²) in [4.78, 5) is 0.297. The minimum absolute atomic E-state index is 0.0896. The van der Waals surface area contributed by atoms with E-state index in [0.717, 1.165) is 11.1 Å². The van der Waals surface area contributed by atoms with Crippen LogP contribution in [0.5, 0.6) is 0 Å². The number of sulfonamides is 1. The summed E-state index contributed by atoms with van der Waals surface area (Å²) in [5.41, 5.74) is 2.06. The first-order chi connectivity index (χ1) is 9.82. The first-order valence-corrected chi connectivity index (χ1v) is 8.53. The molecule has 0 spiro atoms. The Morgan fingerprint density at radius 1 is 1.38 bits per heavy atom. The summed E-state index contributed by atoms with van der Waals surface area (Å²) in [6.07, 6.45) is 5.25. The molecule has 0 aliphatic rings. The van der Waals surface area contributed by atoms with Crippen molar-refractivity contribution in [1.82, 2.24) is 9.62 Å². The second-order valence-corrected chi connectivity index (χ2v) is 7.20. The Kier molecular flexibility index (Phi) is 6.41. The zero-order valence-electron chi connectivity index (χ0n) is 13.2. The molecule has 0 unspecified atom stereocenters. The van der Waals surface area contributed by atoms with Gasteiger partial charge in [0, 0.05) is 19.1 Å². The number of benzene rings is 1. The van der Waals surface area contributed by atoms with Gasteiger partial charge in [-0.15, -0.1) is 6.42 Å². The van der Waals surface area contributed by atoms with Crippen LogP contribution in [-0.2, 0) is 16.6 Å². The third kappa shape index (κ3) is 4.57. The zero-order valence-corrected chi connectivity index (χ0v) is 14.0. The van der Waals surface area contributed by atoms with E-state index in [9.17, 15) is 8.42 Å². The summed E-state index contributed by atoms with van der Waals surface area (Å²) in [5, 5.41) is 3.31. The van der Waals surface area contributed by atoms with Gasteiger partial charge in [0.15, 0.2) is 0 Å². The van der Waals surface area contributed by atoms with Crippen molar-refractivity contribution >= 4 is 10.0 Å². The highest BCUT2D eigenvalue weighted by atomic mass is 32.2. The highest BCUT2D eigenvalue weighted by molar-refractivity contribution is 7.89. The summed E-state index contributed by atoms with van der Waals surface area (Å²) in [7, 11) is -3.53. The topological polar surface area (TPSA) is 49.4 Å². The molecule has 0 aliphatic heterocycles. The number of aryl methyl sites for hydroxylation is 1. The quantitative estimate of drug-likeness (QED) is 0.785. The number of hydrogen-bond donors (Lipinski definition) is 1. The van der Waals surface area contributed by atoms with E-state index in [1.807, 2.05) is 13.0 Å². The van der Waals surface area contributed by atoms with Crippen LogP contribution in [0.2, 0.25) is 0 Å². The lowest BCUT2D eigenvalue weighted by Gasteiger charge is -2.19. The molecule has 0 aromatic heterocycles. The molecule has 0 radical (unpaired) electrons. The summed E-state index contributed by atoms with van der Waals surface area (Å²) in [6.45, 7) is 8.97. The maximum absolute atomic E-state index is 12.6. The molecule has 1 rings (SSSR count). The Bertz CT molecular complexity index is 616. The molecule has 1 aromatic rings. The van der Waals surface area contributed by atoms with Crippen LogP contribution in [0.25, 0.3) is 0 Å². The lowest BCUT2D eigenvalue weighted by Crippen LogP contribution is -2.31. The van der Waals surface area contributed by atoms with Crippen LogP contribution >= 0.6 is 0 Å². The fourth-order valence-corrected chi connectivity index (χ4v) is 3.34. The fourth-order valence-electron chi connectivity index (χ4n) is 1.93. The molecular formula is C16H24N2O2S. The predicted octanol–water partition coefficient (Wildman–Crippen LogP) is 2.14. The second kappa shape index (κ2) is 7.60. The molecule has 0 aliphatic carbocycles. The molecule has 1 N–H and O–H groups in total. The monoisotopic (exact) mass is 308 g/mol. The first-order valence-electron chi connectivity index (χ1n) is 7.09. The largest absolute Gasteiger partial charge is 0.310 e. The Hall–Kier alpha value is -1.35. The summed E-state index contributed by atoms with van der Waals surface area (Å²) in [6, 6.07) is 5.56. The molecule has 21 heavy (non-hydrogen) atoms. The number of terminal acetylenes is 1. The van der Waals surface area contributed by atoms with Crippen molar-refractivity contribution in [1.29, 1.82) is 0 Å². The highest BCUT2D eigenvalue weighted by Gasteiger charge is 2.22. The zero-order chi connectivity index (χ0) is 16.0. The molecule has 0 amide bonds. The van der Waals surface area contributed by atoms with Crippen LogP contribution in [0, 0.1) is 19.3 Å². The van der Waals surface area contributed by atoms with E-state index in [0.29, 0.717) is 24.0 Å². The Morgan fingerprint density at radius 3 is 2.57 bits per heavy atom. The molecule has 0 atom stereocenters. The number of rotatable bonds is 7. The number of hydrogen-bond acceptors (Lipinski definition) is 3. The van der Waals surface area contributed by atoms with E-state index in [1.165, 1.54) is 4.31 Å². The van der Waals surface area contributed by atoms with Crippen LogP contribution in [0.1, 0.15) is 31.9 Å². The average Bonchev–Trinajstić information content (AvgIpc) is 2.43. The summed E-state index contributed by atoms with van der Waals surface area (Å²) in [5.74, 6) is 2.40. The van der Waals surface area contributed by atoms with Crippen molar-refractivity contribution in [3.05, 3.63) is 29.3 Å². The van der Waals surface area contributed by atoms with Crippen molar-refractivity contribution in [2.75, 3.05) is 13.1 Å². The minimum Gasteiger partial charge on any atom is -0.310 e. The molecular weight excluding hydrogens is 284 g/mol. The lowest BCUT2D eigenvalue weighted by molar-refractivity contribution is 0.464. The van der Waals surface area contributed by atoms with Gasteiger partial charge in [0.05, 0.1) is 11.4 Å². The Labute approximate surface area is 128 Å². The van der Waals surface area contributed by atoms with E-state index < -0.39 is 10.0 Å². The van der Waals surface area contributed by atoms with Crippen LogP contribution < -0.4 is 5.32 Å². The summed E-state index contributed by atoms with van der Waals surface area (Å²) < 4.78 is 26.4. The number of nitrogens with one attached hydrogen (secondary N) is 1. The number of nitrogens with zero attached hydrogens (tertiary/aromatic N) is 1. The predicted molar refractivity (Wildman–Crippen MR) is 86.4 cm³/mol. The first kappa shape index (κ1) is 17.7. The molecule has 0 saturated carbocycles. The van der Waals surface area contributed by atoms with E-state index in [1.54, 1.807) is 19.1 Å². The highest BCUT2D eigenvalue weighted by Crippen LogP contribution is 2.19. The van der Waals surface area contributed by atoms with Crippen LogP contribution in [0.4, 0.5) is 0 Å². The molecule has 116 valence electrons. The van der Waals surface area contributed by atoms with E-state index in [-0.39, 0.29) is 6.54 Å². The molecule has 1 aromatic carbocycles. The van der Waals surface area contributed by atoms with Crippen molar-refractivity contribution in [2.24, 2.45) is 0 Å². The molecule has 0 saturated heterocycles. The summed E-state index contributed by atoms with van der Waals surface area (Å²) >= 11 is 0. The molecule has 0 fully saturated rings. The Balaban J connectivity index is 3.13. The van der Waals surface area contributed by atoms with Gasteiger partial charge in [-0.2, -0.15) is 4.31 Å². The normalized spacial score (nSPS) is 11.9. The van der Waals surface area contributed by atoms with Gasteiger partial charge < -0.3 is 5.32 Å².